The van der Waals surface area contributed by atoms with E-state index < -0.39 is 0 Å². The van der Waals surface area contributed by atoms with E-state index in [-0.39, 0.29) is 24.0 Å². The van der Waals surface area contributed by atoms with Crippen LogP contribution in [-0.4, -0.2) is 29.1 Å². The molecule has 1 aliphatic carbocycles. The predicted molar refractivity (Wildman–Crippen MR) is 78.6 cm³/mol. The summed E-state index contributed by atoms with van der Waals surface area (Å²) in [7, 11) is 0. The summed E-state index contributed by atoms with van der Waals surface area (Å²) in [6.07, 6.45) is 3.31. The van der Waals surface area contributed by atoms with Crippen molar-refractivity contribution in [3.8, 4) is 5.75 Å². The second kappa shape index (κ2) is 7.11. The van der Waals surface area contributed by atoms with Crippen LogP contribution in [0, 0.1) is 5.82 Å². The molecule has 0 aliphatic heterocycles. The van der Waals surface area contributed by atoms with Crippen LogP contribution in [0.25, 0.3) is 0 Å². The monoisotopic (exact) mass is 287 g/mol. The van der Waals surface area contributed by atoms with Gasteiger partial charge in [-0.15, -0.1) is 12.4 Å². The van der Waals surface area contributed by atoms with Gasteiger partial charge < -0.3 is 5.11 Å². The number of phenols is 1. The summed E-state index contributed by atoms with van der Waals surface area (Å²) < 4.78 is 13.2. The molecule has 1 fully saturated rings. The second-order valence-corrected chi connectivity index (χ2v) is 5.15. The Morgan fingerprint density at radius 2 is 1.89 bits per heavy atom. The number of benzene rings is 1. The fourth-order valence-corrected chi connectivity index (χ4v) is 2.76. The highest BCUT2D eigenvalue weighted by Gasteiger charge is 2.43. The molecular formula is C15H23ClFNO. The van der Waals surface area contributed by atoms with Crippen LogP contribution in [-0.2, 0) is 0 Å². The van der Waals surface area contributed by atoms with Gasteiger partial charge in [-0.05, 0) is 50.6 Å². The first kappa shape index (κ1) is 16.3. The van der Waals surface area contributed by atoms with Gasteiger partial charge in [0.05, 0.1) is 0 Å². The minimum absolute atomic E-state index is 0. The number of aromatic hydroxyl groups is 1. The number of hydrogen-bond acceptors (Lipinski definition) is 2. The molecule has 4 heteroatoms. The van der Waals surface area contributed by atoms with E-state index in [0.29, 0.717) is 12.0 Å². The standard InChI is InChI=1S/C15H22FNO.ClH/c1-3-7-17(8-4-2)14-10-12(14)13-9-11(16)5-6-15(13)18;/h5-6,9,12,14,18H,3-4,7-8,10H2,1-2H3;1H. The summed E-state index contributed by atoms with van der Waals surface area (Å²) in [6.45, 7) is 6.54. The molecule has 0 radical (unpaired) electrons. The van der Waals surface area contributed by atoms with Gasteiger partial charge in [0.1, 0.15) is 11.6 Å². The van der Waals surface area contributed by atoms with Crippen molar-refractivity contribution in [2.45, 2.75) is 45.1 Å². The molecule has 108 valence electrons. The molecular weight excluding hydrogens is 265 g/mol. The maximum absolute atomic E-state index is 13.2. The highest BCUT2D eigenvalue weighted by atomic mass is 35.5. The van der Waals surface area contributed by atoms with E-state index in [0.717, 1.165) is 37.9 Å². The van der Waals surface area contributed by atoms with Gasteiger partial charge in [0, 0.05) is 17.5 Å². The van der Waals surface area contributed by atoms with Crippen LogP contribution in [0.5, 0.6) is 5.75 Å². The summed E-state index contributed by atoms with van der Waals surface area (Å²) in [5.41, 5.74) is 0.775. The van der Waals surface area contributed by atoms with E-state index in [1.165, 1.54) is 18.2 Å². The smallest absolute Gasteiger partial charge is 0.123 e. The van der Waals surface area contributed by atoms with Crippen molar-refractivity contribution in [2.75, 3.05) is 13.1 Å². The van der Waals surface area contributed by atoms with Gasteiger partial charge >= 0.3 is 0 Å². The highest BCUT2D eigenvalue weighted by molar-refractivity contribution is 5.85. The molecule has 2 rings (SSSR count). The number of rotatable bonds is 6. The van der Waals surface area contributed by atoms with Crippen LogP contribution in [0.2, 0.25) is 0 Å². The Bertz CT molecular complexity index is 407. The lowest BCUT2D eigenvalue weighted by Crippen LogP contribution is -2.28. The third-order valence-electron chi connectivity index (χ3n) is 3.64. The quantitative estimate of drug-likeness (QED) is 0.857. The zero-order valence-corrected chi connectivity index (χ0v) is 12.4. The molecule has 1 aromatic rings. The van der Waals surface area contributed by atoms with Gasteiger partial charge in [-0.25, -0.2) is 4.39 Å². The third kappa shape index (κ3) is 3.83. The van der Waals surface area contributed by atoms with E-state index >= 15 is 0 Å². The first-order chi connectivity index (χ1) is 8.67. The van der Waals surface area contributed by atoms with E-state index in [4.69, 9.17) is 0 Å². The fraction of sp³-hybridized carbons (Fsp3) is 0.600. The van der Waals surface area contributed by atoms with E-state index in [1.807, 2.05) is 0 Å². The number of halogens is 2. The van der Waals surface area contributed by atoms with Crippen molar-refractivity contribution in [1.82, 2.24) is 4.90 Å². The Hall–Kier alpha value is -0.800. The molecule has 1 N–H and O–H groups in total. The summed E-state index contributed by atoms with van der Waals surface area (Å²) in [6, 6.07) is 4.74. The molecule has 2 atom stereocenters. The molecule has 1 saturated carbocycles. The summed E-state index contributed by atoms with van der Waals surface area (Å²) in [5.74, 6) is 0.279. The van der Waals surface area contributed by atoms with Gasteiger partial charge in [-0.1, -0.05) is 13.8 Å². The van der Waals surface area contributed by atoms with Crippen molar-refractivity contribution in [3.63, 3.8) is 0 Å². The molecule has 19 heavy (non-hydrogen) atoms. The van der Waals surface area contributed by atoms with Gasteiger partial charge in [0.25, 0.3) is 0 Å². The van der Waals surface area contributed by atoms with Gasteiger partial charge in [0.15, 0.2) is 0 Å². The molecule has 0 bridgehead atoms. The molecule has 2 unspecified atom stereocenters. The number of nitrogens with zero attached hydrogens (tertiary/aromatic N) is 1. The van der Waals surface area contributed by atoms with E-state index in [9.17, 15) is 9.50 Å². The Kier molecular flexibility index (Phi) is 6.08. The van der Waals surface area contributed by atoms with E-state index in [2.05, 4.69) is 18.7 Å². The first-order valence-electron chi connectivity index (χ1n) is 6.89. The summed E-state index contributed by atoms with van der Waals surface area (Å²) in [4.78, 5) is 2.47. The van der Waals surface area contributed by atoms with Crippen LogP contribution in [0.1, 0.15) is 44.6 Å². The lowest BCUT2D eigenvalue weighted by molar-refractivity contribution is 0.259. The highest BCUT2D eigenvalue weighted by Crippen LogP contribution is 2.47. The normalized spacial score (nSPS) is 21.3. The minimum atomic E-state index is -0.258. The minimum Gasteiger partial charge on any atom is -0.508 e. The van der Waals surface area contributed by atoms with E-state index in [1.54, 1.807) is 0 Å². The van der Waals surface area contributed by atoms with Crippen molar-refractivity contribution in [2.24, 2.45) is 0 Å². The molecule has 0 amide bonds. The van der Waals surface area contributed by atoms with Gasteiger partial charge in [-0.3, -0.25) is 4.90 Å². The third-order valence-corrected chi connectivity index (χ3v) is 3.64. The molecule has 0 saturated heterocycles. The average molecular weight is 288 g/mol. The van der Waals surface area contributed by atoms with Crippen LogP contribution in [0.4, 0.5) is 4.39 Å². The molecule has 0 spiro atoms. The summed E-state index contributed by atoms with van der Waals surface area (Å²) in [5, 5.41) is 9.82. The molecule has 1 aliphatic rings. The van der Waals surface area contributed by atoms with Crippen LogP contribution in [0.3, 0.4) is 0 Å². The maximum atomic E-state index is 13.2. The Morgan fingerprint density at radius 3 is 2.47 bits per heavy atom. The predicted octanol–water partition coefficient (Wildman–Crippen LogP) is 3.93. The van der Waals surface area contributed by atoms with Crippen molar-refractivity contribution < 1.29 is 9.50 Å². The molecule has 2 nitrogen and oxygen atoms in total. The Balaban J connectivity index is 0.00000180. The Morgan fingerprint density at radius 1 is 1.26 bits per heavy atom. The van der Waals surface area contributed by atoms with Crippen molar-refractivity contribution >= 4 is 12.4 Å². The number of hydrogen-bond donors (Lipinski definition) is 1. The first-order valence-corrected chi connectivity index (χ1v) is 6.89. The average Bonchev–Trinajstić information content (AvgIpc) is 3.12. The second-order valence-electron chi connectivity index (χ2n) is 5.15. The lowest BCUT2D eigenvalue weighted by atomic mass is 10.1. The molecule has 0 aromatic heterocycles. The van der Waals surface area contributed by atoms with Crippen molar-refractivity contribution in [1.29, 1.82) is 0 Å². The summed E-state index contributed by atoms with van der Waals surface area (Å²) >= 11 is 0. The SMILES string of the molecule is CCCN(CCC)C1CC1c1cc(F)ccc1O.Cl. The largest absolute Gasteiger partial charge is 0.508 e. The number of phenolic OH excluding ortho intramolecular Hbond substituents is 1. The maximum Gasteiger partial charge on any atom is 0.123 e. The molecule has 0 heterocycles. The van der Waals surface area contributed by atoms with Crippen LogP contribution in [0.15, 0.2) is 18.2 Å². The molecule has 1 aromatic carbocycles. The van der Waals surface area contributed by atoms with Gasteiger partial charge in [-0.2, -0.15) is 0 Å². The topological polar surface area (TPSA) is 23.5 Å². The van der Waals surface area contributed by atoms with Gasteiger partial charge in [0.2, 0.25) is 0 Å². The fourth-order valence-electron chi connectivity index (χ4n) is 2.76. The Labute approximate surface area is 121 Å². The van der Waals surface area contributed by atoms with Crippen LogP contribution < -0.4 is 0 Å². The van der Waals surface area contributed by atoms with Crippen LogP contribution >= 0.6 is 12.4 Å². The zero-order valence-electron chi connectivity index (χ0n) is 11.6. The zero-order chi connectivity index (χ0) is 13.1. The lowest BCUT2D eigenvalue weighted by Gasteiger charge is -2.21. The van der Waals surface area contributed by atoms with Crippen molar-refractivity contribution in [3.05, 3.63) is 29.6 Å².